The van der Waals surface area contributed by atoms with E-state index in [9.17, 15) is 0 Å². The van der Waals surface area contributed by atoms with E-state index in [1.807, 2.05) is 42.5 Å². The molecule has 3 aromatic rings. The van der Waals surface area contributed by atoms with Gasteiger partial charge in [-0.25, -0.2) is 0 Å². The van der Waals surface area contributed by atoms with Crippen LogP contribution in [0, 0.1) is 0 Å². The molecule has 2 N–H and O–H groups in total. The Bertz CT molecular complexity index is 709. The third kappa shape index (κ3) is 3.32. The highest BCUT2D eigenvalue weighted by Gasteiger charge is 2.10. The monoisotopic (exact) mass is 280 g/mol. The summed E-state index contributed by atoms with van der Waals surface area (Å²) >= 11 is 0. The first kappa shape index (κ1) is 13.5. The van der Waals surface area contributed by atoms with E-state index in [2.05, 4.69) is 15.1 Å². The fraction of sp³-hybridized carbons (Fsp3) is 0.188. The Kier molecular flexibility index (Phi) is 4.02. The Hall–Kier alpha value is -2.53. The largest absolute Gasteiger partial charge is 0.334 e. The highest BCUT2D eigenvalue weighted by Crippen LogP contribution is 2.19. The number of nitrogens with two attached hydrogens (primary N) is 1. The highest BCUT2D eigenvalue weighted by molar-refractivity contribution is 5.54. The average molecular weight is 280 g/mol. The van der Waals surface area contributed by atoms with Crippen LogP contribution in [-0.2, 0) is 12.8 Å². The molecule has 0 fully saturated rings. The SMILES string of the molecule is NCCc1cccc(-c2nc(Cc3ccccn3)no2)c1. The van der Waals surface area contributed by atoms with Crippen LogP contribution in [0.5, 0.6) is 0 Å². The molecule has 3 rings (SSSR count). The topological polar surface area (TPSA) is 77.8 Å². The van der Waals surface area contributed by atoms with Crippen LogP contribution in [-0.4, -0.2) is 21.7 Å². The number of nitrogens with zero attached hydrogens (tertiary/aromatic N) is 3. The summed E-state index contributed by atoms with van der Waals surface area (Å²) in [5, 5.41) is 4.01. The van der Waals surface area contributed by atoms with Crippen LogP contribution in [0.2, 0.25) is 0 Å². The first-order valence-electron chi connectivity index (χ1n) is 6.87. The minimum Gasteiger partial charge on any atom is -0.334 e. The molecule has 5 nitrogen and oxygen atoms in total. The Morgan fingerprint density at radius 3 is 2.86 bits per heavy atom. The Morgan fingerprint density at radius 1 is 1.10 bits per heavy atom. The van der Waals surface area contributed by atoms with Crippen molar-refractivity contribution in [1.29, 1.82) is 0 Å². The molecule has 1 aromatic carbocycles. The van der Waals surface area contributed by atoms with Gasteiger partial charge in [-0.15, -0.1) is 0 Å². The molecule has 2 aromatic heterocycles. The normalized spacial score (nSPS) is 10.7. The van der Waals surface area contributed by atoms with Gasteiger partial charge < -0.3 is 10.3 Å². The van der Waals surface area contributed by atoms with E-state index in [4.69, 9.17) is 10.3 Å². The summed E-state index contributed by atoms with van der Waals surface area (Å²) in [7, 11) is 0. The van der Waals surface area contributed by atoms with Crippen LogP contribution in [0.4, 0.5) is 0 Å². The van der Waals surface area contributed by atoms with Gasteiger partial charge in [0.1, 0.15) is 0 Å². The van der Waals surface area contributed by atoms with E-state index < -0.39 is 0 Å². The minimum atomic E-state index is 0.528. The standard InChI is InChI=1S/C16H16N4O/c17-8-7-12-4-3-5-13(10-12)16-19-15(20-21-16)11-14-6-1-2-9-18-14/h1-6,9-10H,7-8,11,17H2. The zero-order valence-electron chi connectivity index (χ0n) is 11.6. The molecule has 0 saturated heterocycles. The molecule has 0 amide bonds. The van der Waals surface area contributed by atoms with Crippen molar-refractivity contribution in [3.63, 3.8) is 0 Å². The molecular formula is C16H16N4O. The first-order valence-corrected chi connectivity index (χ1v) is 6.87. The predicted octanol–water partition coefficient (Wildman–Crippen LogP) is 2.22. The Morgan fingerprint density at radius 2 is 2.05 bits per heavy atom. The maximum absolute atomic E-state index is 5.58. The van der Waals surface area contributed by atoms with E-state index >= 15 is 0 Å². The molecule has 2 heterocycles. The van der Waals surface area contributed by atoms with Crippen molar-refractivity contribution in [2.75, 3.05) is 6.54 Å². The maximum atomic E-state index is 5.58. The minimum absolute atomic E-state index is 0.528. The van der Waals surface area contributed by atoms with Crippen LogP contribution in [0.1, 0.15) is 17.1 Å². The lowest BCUT2D eigenvalue weighted by atomic mass is 10.1. The third-order valence-corrected chi connectivity index (χ3v) is 3.14. The van der Waals surface area contributed by atoms with Crippen LogP contribution in [0.25, 0.3) is 11.5 Å². The van der Waals surface area contributed by atoms with Gasteiger partial charge in [-0.1, -0.05) is 23.4 Å². The van der Waals surface area contributed by atoms with Crippen molar-refractivity contribution in [3.05, 3.63) is 65.7 Å². The number of hydrogen-bond acceptors (Lipinski definition) is 5. The smallest absolute Gasteiger partial charge is 0.257 e. The quantitative estimate of drug-likeness (QED) is 0.775. The van der Waals surface area contributed by atoms with E-state index in [-0.39, 0.29) is 0 Å². The zero-order chi connectivity index (χ0) is 14.5. The van der Waals surface area contributed by atoms with Crippen LogP contribution < -0.4 is 5.73 Å². The summed E-state index contributed by atoms with van der Waals surface area (Å²) in [6, 6.07) is 13.8. The lowest BCUT2D eigenvalue weighted by Crippen LogP contribution is -2.02. The first-order chi connectivity index (χ1) is 10.3. The molecule has 5 heteroatoms. The molecule has 0 radical (unpaired) electrons. The van der Waals surface area contributed by atoms with Crippen molar-refractivity contribution in [3.8, 4) is 11.5 Å². The van der Waals surface area contributed by atoms with E-state index in [1.54, 1.807) is 6.20 Å². The Balaban J connectivity index is 1.80. The second-order valence-corrected chi connectivity index (χ2v) is 4.75. The molecule has 0 atom stereocenters. The van der Waals surface area contributed by atoms with Crippen molar-refractivity contribution < 1.29 is 4.52 Å². The summed E-state index contributed by atoms with van der Waals surface area (Å²) < 4.78 is 5.34. The highest BCUT2D eigenvalue weighted by atomic mass is 16.5. The molecule has 0 bridgehead atoms. The summed E-state index contributed by atoms with van der Waals surface area (Å²) in [5.74, 6) is 1.16. The molecule has 0 spiro atoms. The van der Waals surface area contributed by atoms with E-state index in [1.165, 1.54) is 5.56 Å². The molecule has 0 aliphatic heterocycles. The lowest BCUT2D eigenvalue weighted by molar-refractivity contribution is 0.423. The number of hydrogen-bond donors (Lipinski definition) is 1. The van der Waals surface area contributed by atoms with Crippen molar-refractivity contribution in [1.82, 2.24) is 15.1 Å². The number of aromatic nitrogens is 3. The summed E-state index contributed by atoms with van der Waals surface area (Å²) in [6.07, 6.45) is 3.15. The fourth-order valence-corrected chi connectivity index (χ4v) is 2.13. The van der Waals surface area contributed by atoms with Crippen molar-refractivity contribution in [2.24, 2.45) is 5.73 Å². The van der Waals surface area contributed by atoms with Gasteiger partial charge in [0.25, 0.3) is 5.89 Å². The molecule has 0 saturated carbocycles. The molecule has 0 unspecified atom stereocenters. The van der Waals surface area contributed by atoms with Crippen LogP contribution in [0.15, 0.2) is 53.2 Å². The predicted molar refractivity (Wildman–Crippen MR) is 79.5 cm³/mol. The maximum Gasteiger partial charge on any atom is 0.257 e. The fourth-order valence-electron chi connectivity index (χ4n) is 2.13. The number of pyridine rings is 1. The van der Waals surface area contributed by atoms with Gasteiger partial charge in [0.15, 0.2) is 5.82 Å². The molecule has 21 heavy (non-hydrogen) atoms. The van der Waals surface area contributed by atoms with Crippen LogP contribution >= 0.6 is 0 Å². The average Bonchev–Trinajstić information content (AvgIpc) is 2.97. The second kappa shape index (κ2) is 6.28. The second-order valence-electron chi connectivity index (χ2n) is 4.75. The third-order valence-electron chi connectivity index (χ3n) is 3.14. The Labute approximate surface area is 122 Å². The van der Waals surface area contributed by atoms with Gasteiger partial charge in [-0.05, 0) is 42.8 Å². The van der Waals surface area contributed by atoms with Gasteiger partial charge in [0, 0.05) is 17.5 Å². The van der Waals surface area contributed by atoms with Crippen molar-refractivity contribution in [2.45, 2.75) is 12.8 Å². The van der Waals surface area contributed by atoms with E-state index in [0.29, 0.717) is 24.7 Å². The van der Waals surface area contributed by atoms with Gasteiger partial charge in [0.05, 0.1) is 6.42 Å². The lowest BCUT2D eigenvalue weighted by Gasteiger charge is -2.00. The molecular weight excluding hydrogens is 264 g/mol. The molecule has 0 aliphatic carbocycles. The summed E-state index contributed by atoms with van der Waals surface area (Å²) in [6.45, 7) is 0.623. The van der Waals surface area contributed by atoms with Gasteiger partial charge >= 0.3 is 0 Å². The molecule has 106 valence electrons. The summed E-state index contributed by atoms with van der Waals surface area (Å²) in [4.78, 5) is 8.69. The van der Waals surface area contributed by atoms with E-state index in [0.717, 1.165) is 17.7 Å². The van der Waals surface area contributed by atoms with Crippen molar-refractivity contribution >= 4 is 0 Å². The van der Waals surface area contributed by atoms with Gasteiger partial charge in [-0.2, -0.15) is 4.98 Å². The van der Waals surface area contributed by atoms with Gasteiger partial charge in [0.2, 0.25) is 0 Å². The molecule has 0 aliphatic rings. The summed E-state index contributed by atoms with van der Waals surface area (Å²) in [5.41, 5.74) is 8.58. The van der Waals surface area contributed by atoms with Gasteiger partial charge in [-0.3, -0.25) is 4.98 Å². The van der Waals surface area contributed by atoms with Crippen LogP contribution in [0.3, 0.4) is 0 Å². The zero-order valence-corrected chi connectivity index (χ0v) is 11.6. The number of benzene rings is 1. The number of rotatable bonds is 5.